The van der Waals surface area contributed by atoms with Gasteiger partial charge in [-0.15, -0.1) is 11.3 Å². The molecule has 2 aliphatic rings. The van der Waals surface area contributed by atoms with E-state index in [2.05, 4.69) is 5.32 Å². The fourth-order valence-electron chi connectivity index (χ4n) is 4.09. The van der Waals surface area contributed by atoms with Gasteiger partial charge in [0, 0.05) is 4.88 Å². The van der Waals surface area contributed by atoms with Crippen LogP contribution in [0.3, 0.4) is 0 Å². The fourth-order valence-corrected chi connectivity index (χ4v) is 4.99. The van der Waals surface area contributed by atoms with Crippen LogP contribution in [0.15, 0.2) is 6.07 Å². The van der Waals surface area contributed by atoms with Crippen LogP contribution in [0.4, 0.5) is 5.00 Å². The number of aryl methyl sites for hydroxylation is 1. The first-order valence-corrected chi connectivity index (χ1v) is 8.46. The van der Waals surface area contributed by atoms with Crippen LogP contribution in [0, 0.1) is 30.6 Å². The first-order valence-electron chi connectivity index (χ1n) is 7.64. The highest BCUT2D eigenvalue weighted by atomic mass is 32.1. The minimum absolute atomic E-state index is 0.0957. The number of methoxy groups -OCH3 is 1. The Morgan fingerprint density at radius 2 is 1.91 bits per heavy atom. The molecule has 1 aromatic rings. The molecule has 0 aromatic carbocycles. The maximum absolute atomic E-state index is 12.7. The predicted molar refractivity (Wildman–Crippen MR) is 84.5 cm³/mol. The maximum Gasteiger partial charge on any atom is 0.340 e. The minimum atomic E-state index is -0.895. The molecule has 2 aliphatic carbocycles. The number of carbonyl (C=O) groups is 3. The van der Waals surface area contributed by atoms with Crippen molar-refractivity contribution in [1.82, 2.24) is 0 Å². The van der Waals surface area contributed by atoms with Crippen LogP contribution in [0.2, 0.25) is 0 Å². The molecule has 0 unspecified atom stereocenters. The van der Waals surface area contributed by atoms with E-state index >= 15 is 0 Å². The van der Waals surface area contributed by atoms with Crippen molar-refractivity contribution in [1.29, 1.82) is 0 Å². The molecule has 0 spiro atoms. The molecule has 2 fully saturated rings. The number of fused-ring (bicyclic) bond motifs is 2. The van der Waals surface area contributed by atoms with E-state index in [1.165, 1.54) is 18.4 Å². The lowest BCUT2D eigenvalue weighted by Gasteiger charge is -2.26. The smallest absolute Gasteiger partial charge is 0.340 e. The minimum Gasteiger partial charge on any atom is -0.481 e. The van der Waals surface area contributed by atoms with Crippen molar-refractivity contribution in [2.45, 2.75) is 26.2 Å². The van der Waals surface area contributed by atoms with Crippen LogP contribution in [0.5, 0.6) is 0 Å². The Hall–Kier alpha value is -1.89. The second kappa shape index (κ2) is 5.96. The molecular formula is C16H19NO5S. The summed E-state index contributed by atoms with van der Waals surface area (Å²) in [5.74, 6) is -2.60. The van der Waals surface area contributed by atoms with Gasteiger partial charge in [0.1, 0.15) is 5.00 Å². The van der Waals surface area contributed by atoms with E-state index in [1.807, 2.05) is 6.92 Å². The predicted octanol–water partition coefficient (Wildman–Crippen LogP) is 2.53. The van der Waals surface area contributed by atoms with Gasteiger partial charge in [-0.25, -0.2) is 4.79 Å². The SMILES string of the molecule is COC(=O)c1cc(C)sc1NC(=O)[C@@H]1[C@@H]2CC[C@@H](C2)[C@@H]1C(=O)O. The highest BCUT2D eigenvalue weighted by Crippen LogP contribution is 2.52. The molecule has 23 heavy (non-hydrogen) atoms. The molecule has 0 aliphatic heterocycles. The number of amides is 1. The Morgan fingerprint density at radius 3 is 2.52 bits per heavy atom. The van der Waals surface area contributed by atoms with Gasteiger partial charge in [0.2, 0.25) is 5.91 Å². The van der Waals surface area contributed by atoms with Gasteiger partial charge in [0.05, 0.1) is 24.5 Å². The summed E-state index contributed by atoms with van der Waals surface area (Å²) in [5, 5.41) is 12.7. The molecule has 4 atom stereocenters. The average molecular weight is 337 g/mol. The second-order valence-corrected chi connectivity index (χ2v) is 7.56. The molecule has 1 amide bonds. The van der Waals surface area contributed by atoms with Crippen molar-refractivity contribution in [2.24, 2.45) is 23.7 Å². The number of hydrogen-bond donors (Lipinski definition) is 2. The molecule has 6 nitrogen and oxygen atoms in total. The molecule has 1 heterocycles. The molecule has 0 saturated heterocycles. The Balaban J connectivity index is 1.82. The Morgan fingerprint density at radius 1 is 1.26 bits per heavy atom. The van der Waals surface area contributed by atoms with Gasteiger partial charge in [-0.05, 0) is 44.1 Å². The van der Waals surface area contributed by atoms with Crippen LogP contribution in [-0.2, 0) is 14.3 Å². The summed E-state index contributed by atoms with van der Waals surface area (Å²) < 4.78 is 4.73. The standard InChI is InChI=1S/C16H19NO5S/c1-7-5-10(16(21)22-2)14(23-7)17-13(18)11-8-3-4-9(6-8)12(11)15(19)20/h5,8-9,11-12H,3-4,6H2,1-2H3,(H,17,18)(H,19,20)/t8-,9+,11-,12+/m1/s1. The normalized spacial score (nSPS) is 28.6. The van der Waals surface area contributed by atoms with Gasteiger partial charge >= 0.3 is 11.9 Å². The van der Waals surface area contributed by atoms with E-state index in [-0.39, 0.29) is 17.7 Å². The number of nitrogens with one attached hydrogen (secondary N) is 1. The number of aliphatic carboxylic acids is 1. The number of ether oxygens (including phenoxy) is 1. The van der Waals surface area contributed by atoms with Crippen LogP contribution in [-0.4, -0.2) is 30.1 Å². The van der Waals surface area contributed by atoms with Gasteiger partial charge in [-0.1, -0.05) is 0 Å². The summed E-state index contributed by atoms with van der Waals surface area (Å²) in [6.07, 6.45) is 2.60. The van der Waals surface area contributed by atoms with Crippen molar-refractivity contribution < 1.29 is 24.2 Å². The third-order valence-electron chi connectivity index (χ3n) is 5.00. The molecule has 2 saturated carbocycles. The number of anilines is 1. The summed E-state index contributed by atoms with van der Waals surface area (Å²) >= 11 is 1.29. The monoisotopic (exact) mass is 337 g/mol. The number of carboxylic acids is 1. The van der Waals surface area contributed by atoms with Crippen LogP contribution in [0.1, 0.15) is 34.5 Å². The van der Waals surface area contributed by atoms with Gasteiger partial charge in [-0.2, -0.15) is 0 Å². The number of carbonyl (C=O) groups excluding carboxylic acids is 2. The number of esters is 1. The molecule has 7 heteroatoms. The largest absolute Gasteiger partial charge is 0.481 e. The van der Waals surface area contributed by atoms with E-state index in [0.717, 1.165) is 24.1 Å². The van der Waals surface area contributed by atoms with Crippen molar-refractivity contribution in [3.05, 3.63) is 16.5 Å². The van der Waals surface area contributed by atoms with E-state index < -0.39 is 23.8 Å². The second-order valence-electron chi connectivity index (χ2n) is 6.30. The van der Waals surface area contributed by atoms with E-state index in [4.69, 9.17) is 4.74 Å². The summed E-state index contributed by atoms with van der Waals surface area (Å²) in [5.41, 5.74) is 0.318. The fraction of sp³-hybridized carbons (Fsp3) is 0.562. The van der Waals surface area contributed by atoms with Crippen molar-refractivity contribution >= 4 is 34.2 Å². The molecule has 1 aromatic heterocycles. The summed E-state index contributed by atoms with van der Waals surface area (Å²) in [7, 11) is 1.29. The summed E-state index contributed by atoms with van der Waals surface area (Å²) in [6, 6.07) is 1.67. The van der Waals surface area contributed by atoms with E-state index in [0.29, 0.717) is 10.6 Å². The lowest BCUT2D eigenvalue weighted by molar-refractivity contribution is -0.148. The zero-order chi connectivity index (χ0) is 16.7. The summed E-state index contributed by atoms with van der Waals surface area (Å²) in [4.78, 5) is 36.9. The topological polar surface area (TPSA) is 92.7 Å². The molecule has 0 radical (unpaired) electrons. The molecule has 2 N–H and O–H groups in total. The first-order chi connectivity index (χ1) is 10.9. The average Bonchev–Trinajstić information content (AvgIpc) is 3.19. The number of hydrogen-bond acceptors (Lipinski definition) is 5. The number of carboxylic acid groups (broad SMARTS) is 1. The molecular weight excluding hydrogens is 318 g/mol. The van der Waals surface area contributed by atoms with E-state index in [1.54, 1.807) is 6.07 Å². The lowest BCUT2D eigenvalue weighted by Crippen LogP contribution is -2.37. The number of thiophene rings is 1. The first kappa shape index (κ1) is 16.0. The Kier molecular flexibility index (Phi) is 4.14. The lowest BCUT2D eigenvalue weighted by atomic mass is 9.79. The van der Waals surface area contributed by atoms with Crippen molar-refractivity contribution in [3.63, 3.8) is 0 Å². The van der Waals surface area contributed by atoms with Gasteiger partial charge in [-0.3, -0.25) is 9.59 Å². The third-order valence-corrected chi connectivity index (χ3v) is 5.97. The quantitative estimate of drug-likeness (QED) is 0.824. The third kappa shape index (κ3) is 2.73. The zero-order valence-electron chi connectivity index (χ0n) is 13.0. The van der Waals surface area contributed by atoms with E-state index in [9.17, 15) is 19.5 Å². The molecule has 3 rings (SSSR count). The van der Waals surface area contributed by atoms with Crippen LogP contribution < -0.4 is 5.32 Å². The Labute approximate surface area is 137 Å². The van der Waals surface area contributed by atoms with Crippen LogP contribution >= 0.6 is 11.3 Å². The van der Waals surface area contributed by atoms with Gasteiger partial charge in [0.15, 0.2) is 0 Å². The van der Waals surface area contributed by atoms with Gasteiger partial charge < -0.3 is 15.2 Å². The van der Waals surface area contributed by atoms with Gasteiger partial charge in [0.25, 0.3) is 0 Å². The Bertz CT molecular complexity index is 667. The zero-order valence-corrected chi connectivity index (χ0v) is 13.8. The highest BCUT2D eigenvalue weighted by molar-refractivity contribution is 7.16. The van der Waals surface area contributed by atoms with Crippen molar-refractivity contribution in [2.75, 3.05) is 12.4 Å². The van der Waals surface area contributed by atoms with Crippen LogP contribution in [0.25, 0.3) is 0 Å². The summed E-state index contributed by atoms with van der Waals surface area (Å²) in [6.45, 7) is 1.84. The van der Waals surface area contributed by atoms with Crippen molar-refractivity contribution in [3.8, 4) is 0 Å². The molecule has 124 valence electrons. The number of rotatable bonds is 4. The maximum atomic E-state index is 12.7. The highest BCUT2D eigenvalue weighted by Gasteiger charge is 2.54. The molecule has 2 bridgehead atoms.